The number of aliphatic hydroxyl groups is 1. The van der Waals surface area contributed by atoms with Crippen molar-refractivity contribution in [1.82, 2.24) is 19.6 Å². The third-order valence-electron chi connectivity index (χ3n) is 4.30. The molecule has 0 aromatic carbocycles. The van der Waals surface area contributed by atoms with Gasteiger partial charge in [-0.15, -0.1) is 0 Å². The first-order valence-electron chi connectivity index (χ1n) is 7.45. The highest BCUT2D eigenvalue weighted by Crippen LogP contribution is 2.24. The van der Waals surface area contributed by atoms with E-state index in [9.17, 15) is 9.90 Å². The smallest absolute Gasteiger partial charge is 0.244 e. The number of carbonyl (C=O) groups excluding carboxylic acids is 1. The van der Waals surface area contributed by atoms with Crippen LogP contribution < -0.4 is 0 Å². The van der Waals surface area contributed by atoms with E-state index in [1.165, 1.54) is 23.7 Å². The van der Waals surface area contributed by atoms with Crippen LogP contribution in [0.15, 0.2) is 12.4 Å². The maximum Gasteiger partial charge on any atom is 0.244 e. The van der Waals surface area contributed by atoms with Gasteiger partial charge < -0.3 is 14.9 Å². The minimum Gasteiger partial charge on any atom is -0.387 e. The molecule has 1 amide bonds. The molecule has 2 aliphatic rings. The van der Waals surface area contributed by atoms with E-state index in [4.69, 9.17) is 11.6 Å². The second-order valence-electron chi connectivity index (χ2n) is 6.13. The van der Waals surface area contributed by atoms with E-state index >= 15 is 0 Å². The Labute approximate surface area is 129 Å². The number of aromatic nitrogens is 2. The predicted octanol–water partition coefficient (Wildman–Crippen LogP) is 0.596. The van der Waals surface area contributed by atoms with E-state index in [1.807, 2.05) is 0 Å². The number of nitrogens with zero attached hydrogens (tertiary/aromatic N) is 4. The van der Waals surface area contributed by atoms with Crippen LogP contribution in [-0.4, -0.2) is 68.9 Å². The van der Waals surface area contributed by atoms with E-state index in [-0.39, 0.29) is 12.5 Å². The van der Waals surface area contributed by atoms with Gasteiger partial charge in [0.1, 0.15) is 6.54 Å². The van der Waals surface area contributed by atoms with Crippen LogP contribution in [0.4, 0.5) is 0 Å². The molecule has 1 aromatic rings. The highest BCUT2D eigenvalue weighted by molar-refractivity contribution is 6.30. The fourth-order valence-electron chi connectivity index (χ4n) is 3.22. The molecule has 3 heterocycles. The minimum atomic E-state index is -0.762. The summed E-state index contributed by atoms with van der Waals surface area (Å²) in [7, 11) is 0. The lowest BCUT2D eigenvalue weighted by atomic mass is 10.0. The van der Waals surface area contributed by atoms with Gasteiger partial charge in [-0.25, -0.2) is 0 Å². The second kappa shape index (κ2) is 5.94. The number of hydrogen-bond donors (Lipinski definition) is 1. The molecule has 1 N–H and O–H groups in total. The zero-order valence-electron chi connectivity index (χ0n) is 12.0. The van der Waals surface area contributed by atoms with Crippen molar-refractivity contribution < 1.29 is 9.90 Å². The largest absolute Gasteiger partial charge is 0.387 e. The second-order valence-corrected chi connectivity index (χ2v) is 6.57. The summed E-state index contributed by atoms with van der Waals surface area (Å²) >= 11 is 5.79. The minimum absolute atomic E-state index is 0.0212. The molecule has 1 aromatic heterocycles. The summed E-state index contributed by atoms with van der Waals surface area (Å²) in [6, 6.07) is 0. The molecule has 0 radical (unpaired) electrons. The number of hydrogen-bond acceptors (Lipinski definition) is 4. The van der Waals surface area contributed by atoms with Gasteiger partial charge in [0.25, 0.3) is 0 Å². The highest BCUT2D eigenvalue weighted by atomic mass is 35.5. The van der Waals surface area contributed by atoms with Gasteiger partial charge >= 0.3 is 0 Å². The third-order valence-corrected chi connectivity index (χ3v) is 4.50. The van der Waals surface area contributed by atoms with Crippen LogP contribution in [0.25, 0.3) is 0 Å². The van der Waals surface area contributed by atoms with Crippen molar-refractivity contribution in [3.63, 3.8) is 0 Å². The first kappa shape index (κ1) is 14.8. The predicted molar refractivity (Wildman–Crippen MR) is 79.1 cm³/mol. The number of amides is 1. The van der Waals surface area contributed by atoms with Crippen LogP contribution in [0.3, 0.4) is 0 Å². The standard InChI is InChI=1S/C14H21ClN4O2/c15-12-7-16-19(8-12)9-13(20)18-6-3-14(21,11-18)10-17-4-1-2-5-17/h7-8,21H,1-6,9-11H2. The number of rotatable bonds is 4. The van der Waals surface area contributed by atoms with Crippen molar-refractivity contribution in [2.24, 2.45) is 0 Å². The van der Waals surface area contributed by atoms with E-state index in [0.717, 1.165) is 13.1 Å². The molecule has 1 unspecified atom stereocenters. The molecule has 0 spiro atoms. The van der Waals surface area contributed by atoms with Crippen molar-refractivity contribution >= 4 is 17.5 Å². The average Bonchev–Trinajstić information content (AvgIpc) is 3.13. The molecule has 7 heteroatoms. The van der Waals surface area contributed by atoms with Crippen LogP contribution in [0, 0.1) is 0 Å². The summed E-state index contributed by atoms with van der Waals surface area (Å²) in [5.74, 6) is -0.0212. The first-order valence-corrected chi connectivity index (χ1v) is 7.82. The summed E-state index contributed by atoms with van der Waals surface area (Å²) in [4.78, 5) is 16.3. The lowest BCUT2D eigenvalue weighted by molar-refractivity contribution is -0.132. The Bertz CT molecular complexity index is 515. The average molecular weight is 313 g/mol. The number of carbonyl (C=O) groups is 1. The molecule has 2 aliphatic heterocycles. The van der Waals surface area contributed by atoms with Gasteiger partial charge in [0.05, 0.1) is 23.4 Å². The van der Waals surface area contributed by atoms with E-state index in [1.54, 1.807) is 11.1 Å². The maximum absolute atomic E-state index is 12.2. The summed E-state index contributed by atoms with van der Waals surface area (Å²) in [5.41, 5.74) is -0.762. The van der Waals surface area contributed by atoms with Gasteiger partial charge in [-0.05, 0) is 32.4 Å². The molecule has 6 nitrogen and oxygen atoms in total. The van der Waals surface area contributed by atoms with Crippen molar-refractivity contribution in [2.45, 2.75) is 31.4 Å². The molecule has 3 rings (SSSR count). The Morgan fingerprint density at radius 3 is 2.81 bits per heavy atom. The van der Waals surface area contributed by atoms with Gasteiger partial charge in [-0.1, -0.05) is 11.6 Å². The number of β-amino-alcohol motifs (C(OH)–C–C–N with tert-alkyl or cyclic N) is 1. The van der Waals surface area contributed by atoms with Gasteiger partial charge in [-0.2, -0.15) is 5.10 Å². The molecule has 2 saturated heterocycles. The van der Waals surface area contributed by atoms with Crippen LogP contribution in [0.5, 0.6) is 0 Å². The topological polar surface area (TPSA) is 61.6 Å². The van der Waals surface area contributed by atoms with Gasteiger partial charge in [0.2, 0.25) is 5.91 Å². The fourth-order valence-corrected chi connectivity index (χ4v) is 3.38. The molecular formula is C14H21ClN4O2. The lowest BCUT2D eigenvalue weighted by Gasteiger charge is -2.28. The molecule has 2 fully saturated rings. The molecule has 0 bridgehead atoms. The van der Waals surface area contributed by atoms with E-state index < -0.39 is 5.60 Å². The van der Waals surface area contributed by atoms with Crippen LogP contribution in [-0.2, 0) is 11.3 Å². The van der Waals surface area contributed by atoms with Crippen LogP contribution in [0.1, 0.15) is 19.3 Å². The van der Waals surface area contributed by atoms with E-state index in [0.29, 0.717) is 31.1 Å². The number of halogens is 1. The van der Waals surface area contributed by atoms with Crippen LogP contribution >= 0.6 is 11.6 Å². The SMILES string of the molecule is O=C(Cn1cc(Cl)cn1)N1CCC(O)(CN2CCCC2)C1. The maximum atomic E-state index is 12.2. The van der Waals surface area contributed by atoms with Crippen molar-refractivity contribution in [1.29, 1.82) is 0 Å². The molecular weight excluding hydrogens is 292 g/mol. The van der Waals surface area contributed by atoms with Gasteiger partial charge in [0.15, 0.2) is 0 Å². The van der Waals surface area contributed by atoms with Crippen molar-refractivity contribution in [2.75, 3.05) is 32.7 Å². The van der Waals surface area contributed by atoms with Crippen LogP contribution in [0.2, 0.25) is 5.02 Å². The summed E-state index contributed by atoms with van der Waals surface area (Å²) in [5, 5.41) is 15.2. The Hall–Kier alpha value is -1.11. The molecule has 116 valence electrons. The molecule has 1 atom stereocenters. The molecule has 0 saturated carbocycles. The summed E-state index contributed by atoms with van der Waals surface area (Å²) < 4.78 is 1.53. The Morgan fingerprint density at radius 1 is 1.38 bits per heavy atom. The first-order chi connectivity index (χ1) is 10.0. The molecule has 0 aliphatic carbocycles. The monoisotopic (exact) mass is 312 g/mol. The summed E-state index contributed by atoms with van der Waals surface area (Å²) in [6.07, 6.45) is 6.21. The normalized spacial score (nSPS) is 26.7. The Balaban J connectivity index is 1.54. The van der Waals surface area contributed by atoms with Crippen molar-refractivity contribution in [3.05, 3.63) is 17.4 Å². The van der Waals surface area contributed by atoms with E-state index in [2.05, 4.69) is 10.00 Å². The third kappa shape index (κ3) is 3.56. The summed E-state index contributed by atoms with van der Waals surface area (Å²) in [6.45, 7) is 3.98. The zero-order chi connectivity index (χ0) is 14.9. The molecule has 21 heavy (non-hydrogen) atoms. The lowest BCUT2D eigenvalue weighted by Crippen LogP contribution is -2.45. The van der Waals surface area contributed by atoms with Crippen molar-refractivity contribution in [3.8, 4) is 0 Å². The fraction of sp³-hybridized carbons (Fsp3) is 0.714. The Morgan fingerprint density at radius 2 is 2.14 bits per heavy atom. The number of likely N-dealkylation sites (tertiary alicyclic amines) is 2. The Kier molecular flexibility index (Phi) is 4.19. The highest BCUT2D eigenvalue weighted by Gasteiger charge is 2.39. The quantitative estimate of drug-likeness (QED) is 0.884. The zero-order valence-corrected chi connectivity index (χ0v) is 12.8. The van der Waals surface area contributed by atoms with Gasteiger partial charge in [0, 0.05) is 19.3 Å². The van der Waals surface area contributed by atoms with Gasteiger partial charge in [-0.3, -0.25) is 9.48 Å².